The summed E-state index contributed by atoms with van der Waals surface area (Å²) in [7, 11) is 0. The molecule has 1 rings (SSSR count). The number of thioether (sulfide) groups is 1. The lowest BCUT2D eigenvalue weighted by atomic mass is 10.0. The first-order chi connectivity index (χ1) is 7.68. The maximum absolute atomic E-state index is 4.44. The summed E-state index contributed by atoms with van der Waals surface area (Å²) >= 11 is 1.88. The Hall–Kier alpha value is -0.180. The number of nitrogens with one attached hydrogen (secondary N) is 1. The van der Waals surface area contributed by atoms with Gasteiger partial charge in [0.2, 0.25) is 0 Å². The molecule has 0 radical (unpaired) electrons. The molecule has 1 unspecified atom stereocenters. The molecule has 0 fully saturated rings. The molecule has 94 valence electrons. The minimum absolute atomic E-state index is 0.675. The van der Waals surface area contributed by atoms with E-state index < -0.39 is 0 Å². The maximum Gasteiger partial charge on any atom is 0.156 e. The van der Waals surface area contributed by atoms with Gasteiger partial charge in [-0.2, -0.15) is 0 Å². The minimum Gasteiger partial charge on any atom is -0.365 e. The van der Waals surface area contributed by atoms with Crippen molar-refractivity contribution in [2.24, 2.45) is 10.9 Å². The third-order valence-corrected chi connectivity index (χ3v) is 3.84. The van der Waals surface area contributed by atoms with Gasteiger partial charge >= 0.3 is 0 Å². The van der Waals surface area contributed by atoms with Gasteiger partial charge in [-0.1, -0.05) is 58.2 Å². The zero-order valence-corrected chi connectivity index (χ0v) is 11.8. The van der Waals surface area contributed by atoms with Crippen molar-refractivity contribution in [2.75, 3.05) is 13.1 Å². The Morgan fingerprint density at radius 1 is 1.31 bits per heavy atom. The van der Waals surface area contributed by atoms with Crippen LogP contribution >= 0.6 is 11.8 Å². The molecule has 0 amide bonds. The summed E-state index contributed by atoms with van der Waals surface area (Å²) in [5.41, 5.74) is 0. The van der Waals surface area contributed by atoms with Crippen molar-refractivity contribution < 1.29 is 0 Å². The van der Waals surface area contributed by atoms with Gasteiger partial charge in [0.1, 0.15) is 0 Å². The topological polar surface area (TPSA) is 24.4 Å². The van der Waals surface area contributed by atoms with Gasteiger partial charge in [-0.15, -0.1) is 0 Å². The molecule has 0 aliphatic carbocycles. The Morgan fingerprint density at radius 3 is 2.69 bits per heavy atom. The SMILES string of the molecule is CC(C)CCCCCCNC1=NCC(C)S1. The minimum atomic E-state index is 0.675. The van der Waals surface area contributed by atoms with Crippen LogP contribution in [0.15, 0.2) is 4.99 Å². The lowest BCUT2D eigenvalue weighted by Crippen LogP contribution is -2.20. The molecular weight excluding hydrogens is 216 g/mol. The Kier molecular flexibility index (Phi) is 6.93. The summed E-state index contributed by atoms with van der Waals surface area (Å²) in [4.78, 5) is 4.44. The van der Waals surface area contributed by atoms with Crippen LogP contribution in [0, 0.1) is 5.92 Å². The van der Waals surface area contributed by atoms with Crippen LogP contribution in [-0.2, 0) is 0 Å². The Labute approximate surface area is 105 Å². The number of hydrogen-bond acceptors (Lipinski definition) is 3. The second kappa shape index (κ2) is 7.99. The van der Waals surface area contributed by atoms with E-state index in [0.717, 1.165) is 24.2 Å². The molecule has 1 atom stereocenters. The van der Waals surface area contributed by atoms with Crippen molar-refractivity contribution in [1.29, 1.82) is 0 Å². The van der Waals surface area contributed by atoms with Crippen LogP contribution in [0.4, 0.5) is 0 Å². The first-order valence-corrected chi connectivity index (χ1v) is 7.51. The van der Waals surface area contributed by atoms with E-state index in [-0.39, 0.29) is 0 Å². The van der Waals surface area contributed by atoms with E-state index in [2.05, 4.69) is 31.1 Å². The molecule has 0 spiro atoms. The van der Waals surface area contributed by atoms with E-state index in [0.29, 0.717) is 5.25 Å². The molecule has 1 heterocycles. The summed E-state index contributed by atoms with van der Waals surface area (Å²) in [6.07, 6.45) is 6.80. The van der Waals surface area contributed by atoms with Gasteiger partial charge in [0.25, 0.3) is 0 Å². The molecule has 0 aromatic rings. The van der Waals surface area contributed by atoms with Gasteiger partial charge in [-0.05, 0) is 12.3 Å². The average Bonchev–Trinajstić information content (AvgIpc) is 2.62. The fraction of sp³-hybridized carbons (Fsp3) is 0.923. The van der Waals surface area contributed by atoms with Gasteiger partial charge in [-0.25, -0.2) is 0 Å². The second-order valence-corrected chi connectivity index (χ2v) is 6.52. The molecular formula is C13H26N2S. The van der Waals surface area contributed by atoms with Crippen molar-refractivity contribution in [3.8, 4) is 0 Å². The Balaban J connectivity index is 1.85. The Morgan fingerprint density at radius 2 is 2.06 bits per heavy atom. The number of amidine groups is 1. The smallest absolute Gasteiger partial charge is 0.156 e. The first kappa shape index (κ1) is 13.9. The molecule has 3 heteroatoms. The predicted molar refractivity (Wildman–Crippen MR) is 75.3 cm³/mol. The van der Waals surface area contributed by atoms with Crippen LogP contribution < -0.4 is 5.32 Å². The van der Waals surface area contributed by atoms with Gasteiger partial charge in [0, 0.05) is 11.8 Å². The number of hydrogen-bond donors (Lipinski definition) is 1. The van der Waals surface area contributed by atoms with Crippen molar-refractivity contribution in [3.05, 3.63) is 0 Å². The largest absolute Gasteiger partial charge is 0.365 e. The van der Waals surface area contributed by atoms with Crippen molar-refractivity contribution in [2.45, 2.75) is 58.1 Å². The molecule has 1 aliphatic rings. The number of unbranched alkanes of at least 4 members (excludes halogenated alkanes) is 3. The summed E-state index contributed by atoms with van der Waals surface area (Å²) in [5.74, 6) is 0.865. The third kappa shape index (κ3) is 6.41. The fourth-order valence-corrected chi connectivity index (χ4v) is 2.67. The van der Waals surface area contributed by atoms with E-state index >= 15 is 0 Å². The van der Waals surface area contributed by atoms with Crippen molar-refractivity contribution in [3.63, 3.8) is 0 Å². The fourth-order valence-electron chi connectivity index (χ4n) is 1.80. The molecule has 0 bridgehead atoms. The van der Waals surface area contributed by atoms with Crippen molar-refractivity contribution >= 4 is 16.9 Å². The van der Waals surface area contributed by atoms with Crippen LogP contribution in [0.3, 0.4) is 0 Å². The molecule has 0 saturated heterocycles. The van der Waals surface area contributed by atoms with Gasteiger partial charge in [-0.3, -0.25) is 4.99 Å². The number of nitrogens with zero attached hydrogens (tertiary/aromatic N) is 1. The maximum atomic E-state index is 4.44. The molecule has 1 N–H and O–H groups in total. The standard InChI is InChI=1S/C13H26N2S/c1-11(2)8-6-4-5-7-9-14-13-15-10-12(3)16-13/h11-12H,4-10H2,1-3H3,(H,14,15). The Bertz CT molecular complexity index is 214. The molecule has 0 saturated carbocycles. The van der Waals surface area contributed by atoms with Gasteiger partial charge in [0.15, 0.2) is 5.17 Å². The normalized spacial score (nSPS) is 20.2. The highest BCUT2D eigenvalue weighted by Gasteiger charge is 2.13. The van der Waals surface area contributed by atoms with E-state index in [1.54, 1.807) is 0 Å². The van der Waals surface area contributed by atoms with E-state index in [9.17, 15) is 0 Å². The summed E-state index contributed by atoms with van der Waals surface area (Å²) in [5, 5.41) is 5.26. The predicted octanol–water partition coefficient (Wildman–Crippen LogP) is 3.67. The van der Waals surface area contributed by atoms with Crippen LogP contribution in [0.25, 0.3) is 0 Å². The number of rotatable bonds is 7. The zero-order chi connectivity index (χ0) is 11.8. The van der Waals surface area contributed by atoms with Crippen molar-refractivity contribution in [1.82, 2.24) is 5.32 Å². The molecule has 0 aromatic heterocycles. The van der Waals surface area contributed by atoms with E-state index in [1.165, 1.54) is 32.1 Å². The zero-order valence-electron chi connectivity index (χ0n) is 11.0. The number of aliphatic imine (C=N–C) groups is 1. The van der Waals surface area contributed by atoms with E-state index in [1.807, 2.05) is 11.8 Å². The van der Waals surface area contributed by atoms with Crippen LogP contribution in [-0.4, -0.2) is 23.5 Å². The molecule has 2 nitrogen and oxygen atoms in total. The monoisotopic (exact) mass is 242 g/mol. The highest BCUT2D eigenvalue weighted by atomic mass is 32.2. The quantitative estimate of drug-likeness (QED) is 0.689. The molecule has 1 aliphatic heterocycles. The summed E-state index contributed by atoms with van der Waals surface area (Å²) in [6, 6.07) is 0. The highest BCUT2D eigenvalue weighted by Crippen LogP contribution is 2.18. The van der Waals surface area contributed by atoms with Gasteiger partial charge < -0.3 is 5.32 Å². The van der Waals surface area contributed by atoms with Crippen LogP contribution in [0.2, 0.25) is 0 Å². The lowest BCUT2D eigenvalue weighted by molar-refractivity contribution is 0.519. The van der Waals surface area contributed by atoms with Crippen LogP contribution in [0.1, 0.15) is 52.9 Å². The first-order valence-electron chi connectivity index (χ1n) is 6.63. The highest BCUT2D eigenvalue weighted by molar-refractivity contribution is 8.14. The molecule has 16 heavy (non-hydrogen) atoms. The third-order valence-electron chi connectivity index (χ3n) is 2.79. The molecule has 0 aromatic carbocycles. The summed E-state index contributed by atoms with van der Waals surface area (Å²) < 4.78 is 0. The lowest BCUT2D eigenvalue weighted by Gasteiger charge is -2.06. The average molecular weight is 242 g/mol. The summed E-state index contributed by atoms with van der Waals surface area (Å²) in [6.45, 7) is 8.92. The van der Waals surface area contributed by atoms with E-state index in [4.69, 9.17) is 0 Å². The van der Waals surface area contributed by atoms with Gasteiger partial charge in [0.05, 0.1) is 6.54 Å². The second-order valence-electron chi connectivity index (χ2n) is 5.10. The van der Waals surface area contributed by atoms with Crippen LogP contribution in [0.5, 0.6) is 0 Å².